The van der Waals surface area contributed by atoms with E-state index < -0.39 is 0 Å². The fourth-order valence-corrected chi connectivity index (χ4v) is 1.13. The van der Waals surface area contributed by atoms with E-state index in [2.05, 4.69) is 10.1 Å². The highest BCUT2D eigenvalue weighted by atomic mass is 35.5. The zero-order valence-corrected chi connectivity index (χ0v) is 7.75. The Bertz CT molecular complexity index is 408. The minimum absolute atomic E-state index is 0.615. The summed E-state index contributed by atoms with van der Waals surface area (Å²) >= 11 is 5.70. The van der Waals surface area contributed by atoms with Gasteiger partial charge in [-0.25, -0.2) is 0 Å². The molecular weight excluding hydrogens is 188 g/mol. The average Bonchev–Trinajstić information content (AvgIpc) is 2.53. The van der Waals surface area contributed by atoms with Crippen molar-refractivity contribution in [1.82, 2.24) is 10.1 Å². The minimum Gasteiger partial charge on any atom is -0.361 e. The van der Waals surface area contributed by atoms with E-state index in [0.29, 0.717) is 5.02 Å². The molecule has 2 aromatic rings. The molecule has 0 aromatic carbocycles. The zero-order valence-electron chi connectivity index (χ0n) is 6.99. The van der Waals surface area contributed by atoms with Crippen LogP contribution in [-0.4, -0.2) is 10.1 Å². The summed E-state index contributed by atoms with van der Waals surface area (Å²) in [6.45, 7) is 1.84. The van der Waals surface area contributed by atoms with Gasteiger partial charge in [0.25, 0.3) is 0 Å². The molecule has 2 rings (SSSR count). The molecule has 0 saturated heterocycles. The average molecular weight is 195 g/mol. The van der Waals surface area contributed by atoms with E-state index in [4.69, 9.17) is 16.1 Å². The van der Waals surface area contributed by atoms with Gasteiger partial charge in [-0.15, -0.1) is 0 Å². The summed E-state index contributed by atoms with van der Waals surface area (Å²) < 4.78 is 4.93. The molecule has 0 amide bonds. The molecule has 0 atom stereocenters. The summed E-state index contributed by atoms with van der Waals surface area (Å²) in [7, 11) is 0. The van der Waals surface area contributed by atoms with Crippen LogP contribution in [0.5, 0.6) is 0 Å². The normalized spacial score (nSPS) is 10.3. The van der Waals surface area contributed by atoms with Gasteiger partial charge in [0.1, 0.15) is 11.5 Å². The summed E-state index contributed by atoms with van der Waals surface area (Å²) in [5.41, 5.74) is 1.50. The van der Waals surface area contributed by atoms with Gasteiger partial charge < -0.3 is 4.52 Å². The molecule has 2 aromatic heterocycles. The molecular formula is C9H7ClN2O. The van der Waals surface area contributed by atoms with Crippen LogP contribution in [0.1, 0.15) is 5.76 Å². The molecule has 0 bridgehead atoms. The lowest BCUT2D eigenvalue weighted by molar-refractivity contribution is 0.399. The van der Waals surface area contributed by atoms with Crippen molar-refractivity contribution in [2.75, 3.05) is 0 Å². The van der Waals surface area contributed by atoms with Crippen molar-refractivity contribution in [2.45, 2.75) is 6.92 Å². The van der Waals surface area contributed by atoms with Gasteiger partial charge in [-0.1, -0.05) is 16.8 Å². The Balaban J connectivity index is 2.41. The molecule has 0 aliphatic rings. The number of hydrogen-bond donors (Lipinski definition) is 0. The minimum atomic E-state index is 0.615. The van der Waals surface area contributed by atoms with Gasteiger partial charge in [-0.2, -0.15) is 0 Å². The topological polar surface area (TPSA) is 38.9 Å². The standard InChI is InChI=1S/C9H7ClN2O/c1-6-4-9(12-13-6)8-3-2-7(10)5-11-8/h2-5H,1H3. The smallest absolute Gasteiger partial charge is 0.134 e. The molecule has 0 saturated carbocycles. The monoisotopic (exact) mass is 194 g/mol. The number of halogens is 1. The highest BCUT2D eigenvalue weighted by molar-refractivity contribution is 6.30. The Labute approximate surface area is 80.3 Å². The number of hydrogen-bond acceptors (Lipinski definition) is 3. The second kappa shape index (κ2) is 3.18. The lowest BCUT2D eigenvalue weighted by atomic mass is 10.2. The largest absolute Gasteiger partial charge is 0.361 e. The summed E-state index contributed by atoms with van der Waals surface area (Å²) in [5, 5.41) is 4.45. The maximum atomic E-state index is 5.70. The van der Waals surface area contributed by atoms with Gasteiger partial charge in [0.15, 0.2) is 0 Å². The summed E-state index contributed by atoms with van der Waals surface area (Å²) in [4.78, 5) is 4.11. The van der Waals surface area contributed by atoms with Crippen LogP contribution in [0.15, 0.2) is 28.9 Å². The predicted molar refractivity (Wildman–Crippen MR) is 49.5 cm³/mol. The lowest BCUT2D eigenvalue weighted by Gasteiger charge is -1.92. The first-order valence-corrected chi connectivity index (χ1v) is 4.19. The van der Waals surface area contributed by atoms with Crippen LogP contribution < -0.4 is 0 Å². The summed E-state index contributed by atoms with van der Waals surface area (Å²) in [6, 6.07) is 5.41. The molecule has 13 heavy (non-hydrogen) atoms. The van der Waals surface area contributed by atoms with E-state index in [0.717, 1.165) is 17.1 Å². The molecule has 0 fully saturated rings. The molecule has 3 nitrogen and oxygen atoms in total. The fraction of sp³-hybridized carbons (Fsp3) is 0.111. The second-order valence-electron chi connectivity index (χ2n) is 2.68. The molecule has 0 N–H and O–H groups in total. The SMILES string of the molecule is Cc1cc(-c2ccc(Cl)cn2)no1. The van der Waals surface area contributed by atoms with Crippen LogP contribution in [0, 0.1) is 6.92 Å². The van der Waals surface area contributed by atoms with Crippen LogP contribution in [0.2, 0.25) is 5.02 Å². The highest BCUT2D eigenvalue weighted by Crippen LogP contribution is 2.17. The van der Waals surface area contributed by atoms with Gasteiger partial charge >= 0.3 is 0 Å². The first-order valence-electron chi connectivity index (χ1n) is 3.81. The van der Waals surface area contributed by atoms with Crippen LogP contribution in [0.3, 0.4) is 0 Å². The Morgan fingerprint density at radius 1 is 1.31 bits per heavy atom. The first kappa shape index (κ1) is 8.26. The Kier molecular flexibility index (Phi) is 2.02. The van der Waals surface area contributed by atoms with Gasteiger partial charge in [-0.05, 0) is 19.1 Å². The molecule has 0 aliphatic heterocycles. The zero-order chi connectivity index (χ0) is 9.26. The maximum absolute atomic E-state index is 5.70. The Morgan fingerprint density at radius 3 is 2.69 bits per heavy atom. The van der Waals surface area contributed by atoms with E-state index in [-0.39, 0.29) is 0 Å². The summed E-state index contributed by atoms with van der Waals surface area (Å²) in [5.74, 6) is 0.770. The molecule has 0 spiro atoms. The third kappa shape index (κ3) is 1.70. The highest BCUT2D eigenvalue weighted by Gasteiger charge is 2.03. The molecule has 0 unspecified atom stereocenters. The lowest BCUT2D eigenvalue weighted by Crippen LogP contribution is -1.81. The van der Waals surface area contributed by atoms with E-state index >= 15 is 0 Å². The van der Waals surface area contributed by atoms with Crippen molar-refractivity contribution in [3.63, 3.8) is 0 Å². The van der Waals surface area contributed by atoms with Crippen molar-refractivity contribution < 1.29 is 4.52 Å². The second-order valence-corrected chi connectivity index (χ2v) is 3.12. The van der Waals surface area contributed by atoms with E-state index in [1.807, 2.05) is 13.0 Å². The van der Waals surface area contributed by atoms with Crippen LogP contribution >= 0.6 is 11.6 Å². The molecule has 0 radical (unpaired) electrons. The number of nitrogens with zero attached hydrogens (tertiary/aromatic N) is 2. The van der Waals surface area contributed by atoms with E-state index in [1.165, 1.54) is 0 Å². The van der Waals surface area contributed by atoms with Crippen LogP contribution in [-0.2, 0) is 0 Å². The Morgan fingerprint density at radius 2 is 2.15 bits per heavy atom. The number of aromatic nitrogens is 2. The van der Waals surface area contributed by atoms with Crippen molar-refractivity contribution in [2.24, 2.45) is 0 Å². The third-order valence-corrected chi connectivity index (χ3v) is 1.84. The van der Waals surface area contributed by atoms with Gasteiger partial charge in [0.05, 0.1) is 10.7 Å². The maximum Gasteiger partial charge on any atom is 0.134 e. The number of pyridine rings is 1. The van der Waals surface area contributed by atoms with Crippen molar-refractivity contribution in [1.29, 1.82) is 0 Å². The van der Waals surface area contributed by atoms with Crippen LogP contribution in [0.25, 0.3) is 11.4 Å². The molecule has 2 heterocycles. The summed E-state index contributed by atoms with van der Waals surface area (Å²) in [6.07, 6.45) is 1.58. The fourth-order valence-electron chi connectivity index (χ4n) is 1.01. The first-order chi connectivity index (χ1) is 6.25. The molecule has 4 heteroatoms. The quantitative estimate of drug-likeness (QED) is 0.701. The van der Waals surface area contributed by atoms with Crippen molar-refractivity contribution >= 4 is 11.6 Å². The van der Waals surface area contributed by atoms with E-state index in [1.54, 1.807) is 18.3 Å². The van der Waals surface area contributed by atoms with Crippen LogP contribution in [0.4, 0.5) is 0 Å². The van der Waals surface area contributed by atoms with E-state index in [9.17, 15) is 0 Å². The number of aryl methyl sites for hydroxylation is 1. The third-order valence-electron chi connectivity index (χ3n) is 1.62. The van der Waals surface area contributed by atoms with Gasteiger partial charge in [0.2, 0.25) is 0 Å². The van der Waals surface area contributed by atoms with Gasteiger partial charge in [0, 0.05) is 12.3 Å². The van der Waals surface area contributed by atoms with Gasteiger partial charge in [-0.3, -0.25) is 4.98 Å². The molecule has 0 aliphatic carbocycles. The van der Waals surface area contributed by atoms with Crippen molar-refractivity contribution in [3.8, 4) is 11.4 Å². The predicted octanol–water partition coefficient (Wildman–Crippen LogP) is 2.70. The molecule has 66 valence electrons. The number of rotatable bonds is 1. The Hall–Kier alpha value is -1.35. The van der Waals surface area contributed by atoms with Crippen molar-refractivity contribution in [3.05, 3.63) is 35.2 Å².